The molecule has 0 saturated carbocycles. The van der Waals surface area contributed by atoms with E-state index in [0.717, 1.165) is 5.56 Å². The average Bonchev–Trinajstić information content (AvgIpc) is 2.70. The van der Waals surface area contributed by atoms with Crippen LogP contribution < -0.4 is 5.32 Å². The standard InChI is InChI=1S/C14H22N4O3S/c1-15-14(19)13-10-17(9-12-3-5-16-6-4-12)7-8-18(11-13)22(2,20)21/h3-6,13H,7-11H2,1-2H3,(H,15,19)/t13-/m0/s1. The summed E-state index contributed by atoms with van der Waals surface area (Å²) >= 11 is 0. The van der Waals surface area contributed by atoms with Crippen molar-refractivity contribution in [1.29, 1.82) is 0 Å². The van der Waals surface area contributed by atoms with Gasteiger partial charge in [0.2, 0.25) is 15.9 Å². The van der Waals surface area contributed by atoms with Crippen LogP contribution in [0.2, 0.25) is 0 Å². The monoisotopic (exact) mass is 326 g/mol. The molecule has 7 nitrogen and oxygen atoms in total. The largest absolute Gasteiger partial charge is 0.359 e. The van der Waals surface area contributed by atoms with Crippen LogP contribution in [0.15, 0.2) is 24.5 Å². The smallest absolute Gasteiger partial charge is 0.225 e. The zero-order valence-electron chi connectivity index (χ0n) is 12.9. The van der Waals surface area contributed by atoms with E-state index in [-0.39, 0.29) is 18.4 Å². The van der Waals surface area contributed by atoms with Gasteiger partial charge in [-0.25, -0.2) is 12.7 Å². The van der Waals surface area contributed by atoms with Crippen LogP contribution in [0, 0.1) is 5.92 Å². The summed E-state index contributed by atoms with van der Waals surface area (Å²) in [6, 6.07) is 3.85. The fraction of sp³-hybridized carbons (Fsp3) is 0.571. The SMILES string of the molecule is CNC(=O)[C@H]1CN(Cc2ccncc2)CCN(S(C)(=O)=O)C1. The molecule has 8 heteroatoms. The summed E-state index contributed by atoms with van der Waals surface area (Å²) in [5.41, 5.74) is 1.10. The molecule has 0 aromatic carbocycles. The Bertz CT molecular complexity index is 606. The Balaban J connectivity index is 2.14. The van der Waals surface area contributed by atoms with Crippen LogP contribution in [0.5, 0.6) is 0 Å². The molecule has 1 aliphatic rings. The summed E-state index contributed by atoms with van der Waals surface area (Å²) in [5.74, 6) is -0.501. The highest BCUT2D eigenvalue weighted by Crippen LogP contribution is 2.15. The molecular formula is C14H22N4O3S. The second-order valence-corrected chi connectivity index (χ2v) is 7.51. The van der Waals surface area contributed by atoms with Crippen molar-refractivity contribution in [1.82, 2.24) is 19.5 Å². The molecule has 0 spiro atoms. The molecule has 1 aromatic heterocycles. The second-order valence-electron chi connectivity index (χ2n) is 5.52. The molecule has 2 rings (SSSR count). The van der Waals surface area contributed by atoms with Crippen molar-refractivity contribution in [3.8, 4) is 0 Å². The summed E-state index contributed by atoms with van der Waals surface area (Å²) < 4.78 is 25.0. The van der Waals surface area contributed by atoms with Crippen molar-refractivity contribution in [3.63, 3.8) is 0 Å². The van der Waals surface area contributed by atoms with Crippen molar-refractivity contribution in [2.45, 2.75) is 6.54 Å². The molecule has 0 aliphatic carbocycles. The topological polar surface area (TPSA) is 82.6 Å². The molecule has 0 unspecified atom stereocenters. The molecule has 1 aromatic rings. The molecule has 1 aliphatic heterocycles. The Hall–Kier alpha value is -1.51. The molecule has 0 radical (unpaired) electrons. The Kier molecular flexibility index (Phi) is 5.49. The maximum atomic E-state index is 12.0. The van der Waals surface area contributed by atoms with Gasteiger partial charge in [-0.3, -0.25) is 14.7 Å². The van der Waals surface area contributed by atoms with Crippen LogP contribution in [0.1, 0.15) is 5.56 Å². The number of aromatic nitrogens is 1. The van der Waals surface area contributed by atoms with Crippen LogP contribution in [-0.4, -0.2) is 68.0 Å². The molecule has 1 saturated heterocycles. The lowest BCUT2D eigenvalue weighted by molar-refractivity contribution is -0.125. The molecule has 1 atom stereocenters. The van der Waals surface area contributed by atoms with Crippen molar-refractivity contribution in [2.75, 3.05) is 39.5 Å². The summed E-state index contributed by atoms with van der Waals surface area (Å²) in [5, 5.41) is 2.62. The number of carbonyl (C=O) groups excluding carboxylic acids is 1. The van der Waals surface area contributed by atoms with E-state index in [0.29, 0.717) is 26.2 Å². The van der Waals surface area contributed by atoms with E-state index in [1.165, 1.54) is 10.6 Å². The number of hydrogen-bond acceptors (Lipinski definition) is 5. The number of carbonyl (C=O) groups is 1. The maximum Gasteiger partial charge on any atom is 0.225 e. The molecule has 2 heterocycles. The third-order valence-electron chi connectivity index (χ3n) is 3.81. The van der Waals surface area contributed by atoms with Gasteiger partial charge in [0.1, 0.15) is 0 Å². The summed E-state index contributed by atoms with van der Waals surface area (Å²) in [6.45, 7) is 2.44. The van der Waals surface area contributed by atoms with Gasteiger partial charge in [-0.1, -0.05) is 0 Å². The molecule has 122 valence electrons. The van der Waals surface area contributed by atoms with E-state index < -0.39 is 10.0 Å². The van der Waals surface area contributed by atoms with E-state index in [1.54, 1.807) is 19.4 Å². The van der Waals surface area contributed by atoms with E-state index in [1.807, 2.05) is 12.1 Å². The third-order valence-corrected chi connectivity index (χ3v) is 5.08. The van der Waals surface area contributed by atoms with Gasteiger partial charge >= 0.3 is 0 Å². The van der Waals surface area contributed by atoms with Crippen LogP contribution in [0.4, 0.5) is 0 Å². The molecular weight excluding hydrogens is 304 g/mol. The normalized spacial score (nSPS) is 21.3. The van der Waals surface area contributed by atoms with Crippen molar-refractivity contribution in [2.24, 2.45) is 5.92 Å². The minimum atomic E-state index is -3.30. The van der Waals surface area contributed by atoms with Crippen LogP contribution in [0.25, 0.3) is 0 Å². The Morgan fingerprint density at radius 2 is 2.00 bits per heavy atom. The highest BCUT2D eigenvalue weighted by atomic mass is 32.2. The maximum absolute atomic E-state index is 12.0. The number of rotatable bonds is 4. The Labute approximate surface area is 131 Å². The first-order chi connectivity index (χ1) is 10.4. The van der Waals surface area contributed by atoms with Crippen molar-refractivity contribution < 1.29 is 13.2 Å². The van der Waals surface area contributed by atoms with Gasteiger partial charge in [0.15, 0.2) is 0 Å². The number of pyridine rings is 1. The lowest BCUT2D eigenvalue weighted by Gasteiger charge is -2.22. The number of sulfonamides is 1. The number of nitrogens with zero attached hydrogens (tertiary/aromatic N) is 3. The summed E-state index contributed by atoms with van der Waals surface area (Å²) in [6.07, 6.45) is 4.64. The van der Waals surface area contributed by atoms with Crippen molar-refractivity contribution >= 4 is 15.9 Å². The van der Waals surface area contributed by atoms with Crippen LogP contribution >= 0.6 is 0 Å². The quantitative estimate of drug-likeness (QED) is 0.808. The number of hydrogen-bond donors (Lipinski definition) is 1. The predicted molar refractivity (Wildman–Crippen MR) is 83.5 cm³/mol. The lowest BCUT2D eigenvalue weighted by Crippen LogP contribution is -2.41. The Morgan fingerprint density at radius 1 is 1.32 bits per heavy atom. The summed E-state index contributed by atoms with van der Waals surface area (Å²) in [4.78, 5) is 18.1. The molecule has 1 N–H and O–H groups in total. The molecule has 22 heavy (non-hydrogen) atoms. The minimum absolute atomic E-state index is 0.129. The van der Waals surface area contributed by atoms with Gasteiger partial charge in [0.25, 0.3) is 0 Å². The van der Waals surface area contributed by atoms with E-state index in [9.17, 15) is 13.2 Å². The Morgan fingerprint density at radius 3 is 2.59 bits per heavy atom. The van der Waals surface area contributed by atoms with Crippen molar-refractivity contribution in [3.05, 3.63) is 30.1 Å². The van der Waals surface area contributed by atoms with Gasteiger partial charge < -0.3 is 5.32 Å². The number of nitrogens with one attached hydrogen (secondary N) is 1. The van der Waals surface area contributed by atoms with Crippen LogP contribution in [-0.2, 0) is 21.4 Å². The first-order valence-electron chi connectivity index (χ1n) is 7.18. The second kappa shape index (κ2) is 7.17. The van der Waals surface area contributed by atoms with Gasteiger partial charge in [-0.15, -0.1) is 0 Å². The van der Waals surface area contributed by atoms with E-state index in [2.05, 4.69) is 15.2 Å². The molecule has 1 fully saturated rings. The van der Waals surface area contributed by atoms with E-state index >= 15 is 0 Å². The fourth-order valence-electron chi connectivity index (χ4n) is 2.61. The minimum Gasteiger partial charge on any atom is -0.359 e. The summed E-state index contributed by atoms with van der Waals surface area (Å²) in [7, 11) is -1.73. The predicted octanol–water partition coefficient (Wildman–Crippen LogP) is -0.479. The van der Waals surface area contributed by atoms with Gasteiger partial charge in [-0.05, 0) is 17.7 Å². The molecule has 0 bridgehead atoms. The van der Waals surface area contributed by atoms with Gasteiger partial charge in [0, 0.05) is 52.2 Å². The zero-order valence-corrected chi connectivity index (χ0v) is 13.7. The van der Waals surface area contributed by atoms with Gasteiger partial charge in [0.05, 0.1) is 12.2 Å². The molecule has 1 amide bonds. The average molecular weight is 326 g/mol. The lowest BCUT2D eigenvalue weighted by atomic mass is 10.1. The first-order valence-corrected chi connectivity index (χ1v) is 9.03. The third kappa shape index (κ3) is 4.49. The van der Waals surface area contributed by atoms with Crippen LogP contribution in [0.3, 0.4) is 0 Å². The van der Waals surface area contributed by atoms with Gasteiger partial charge in [-0.2, -0.15) is 0 Å². The zero-order chi connectivity index (χ0) is 16.2. The first kappa shape index (κ1) is 16.9. The number of amides is 1. The highest BCUT2D eigenvalue weighted by Gasteiger charge is 2.31. The van der Waals surface area contributed by atoms with E-state index in [4.69, 9.17) is 0 Å². The fourth-order valence-corrected chi connectivity index (χ4v) is 3.48. The highest BCUT2D eigenvalue weighted by molar-refractivity contribution is 7.88.